The average molecular weight is 428 g/mol. The molecule has 2 aromatic rings. The van der Waals surface area contributed by atoms with Gasteiger partial charge in [0.05, 0.1) is 12.3 Å². The number of ether oxygens (including phenoxy) is 1. The highest BCUT2D eigenvalue weighted by atomic mass is 32.2. The van der Waals surface area contributed by atoms with E-state index in [-0.39, 0.29) is 5.82 Å². The van der Waals surface area contributed by atoms with Gasteiger partial charge >= 0.3 is 0 Å². The smallest absolute Gasteiger partial charge is 0.214 e. The van der Waals surface area contributed by atoms with Crippen LogP contribution in [0.25, 0.3) is 0 Å². The zero-order valence-electron chi connectivity index (χ0n) is 18.3. The van der Waals surface area contributed by atoms with Crippen molar-refractivity contribution in [3.8, 4) is 0 Å². The number of hydrogen-bond acceptors (Lipinski definition) is 3. The maximum atomic E-state index is 13.0. The fourth-order valence-electron chi connectivity index (χ4n) is 2.96. The first-order valence-electron chi connectivity index (χ1n) is 11.0. The van der Waals surface area contributed by atoms with E-state index in [2.05, 4.69) is 18.8 Å². The molecule has 2 aromatic carbocycles. The fourth-order valence-corrected chi connectivity index (χ4v) is 3.60. The third-order valence-electron chi connectivity index (χ3n) is 4.75. The Morgan fingerprint density at radius 1 is 0.900 bits per heavy atom. The van der Waals surface area contributed by atoms with Gasteiger partial charge in [-0.25, -0.2) is 9.38 Å². The molecular formula is C26H34FNOS. The first-order valence-corrected chi connectivity index (χ1v) is 11.9. The van der Waals surface area contributed by atoms with Gasteiger partial charge in [0.15, 0.2) is 0 Å². The molecule has 0 aliphatic heterocycles. The topological polar surface area (TPSA) is 21.6 Å². The first kappa shape index (κ1) is 24.2. The molecule has 0 N–H and O–H groups in total. The Bertz CT molecular complexity index is 769. The van der Waals surface area contributed by atoms with E-state index in [0.717, 1.165) is 17.0 Å². The van der Waals surface area contributed by atoms with Crippen LogP contribution < -0.4 is 0 Å². The normalized spacial score (nSPS) is 11.9. The van der Waals surface area contributed by atoms with E-state index in [9.17, 15) is 4.39 Å². The van der Waals surface area contributed by atoms with E-state index in [1.165, 1.54) is 74.4 Å². The van der Waals surface area contributed by atoms with Crippen LogP contribution in [0, 0.1) is 12.7 Å². The molecule has 0 spiro atoms. The number of halogens is 1. The highest BCUT2D eigenvalue weighted by Gasteiger charge is 2.00. The third-order valence-corrected chi connectivity index (χ3v) is 5.57. The summed E-state index contributed by atoms with van der Waals surface area (Å²) < 4.78 is 19.0. The predicted molar refractivity (Wildman–Crippen MR) is 128 cm³/mol. The first-order chi connectivity index (χ1) is 14.7. The van der Waals surface area contributed by atoms with Gasteiger partial charge in [-0.15, -0.1) is 0 Å². The Kier molecular flexibility index (Phi) is 12.0. The van der Waals surface area contributed by atoms with Gasteiger partial charge in [-0.3, -0.25) is 0 Å². The molecule has 0 atom stereocenters. The van der Waals surface area contributed by atoms with Crippen LogP contribution in [0.2, 0.25) is 0 Å². The summed E-state index contributed by atoms with van der Waals surface area (Å²) in [7, 11) is 0. The highest BCUT2D eigenvalue weighted by Crippen LogP contribution is 2.20. The minimum absolute atomic E-state index is 0.223. The van der Waals surface area contributed by atoms with Crippen LogP contribution in [0.3, 0.4) is 0 Å². The number of nitrogens with zero attached hydrogens (tertiary/aromatic N) is 1. The molecule has 30 heavy (non-hydrogen) atoms. The van der Waals surface area contributed by atoms with E-state index in [4.69, 9.17) is 4.74 Å². The highest BCUT2D eigenvalue weighted by molar-refractivity contribution is 8.02. The maximum Gasteiger partial charge on any atom is 0.214 e. The standard InChI is InChI=1S/C26H34FNOS/c1-3-4-5-6-7-8-9-10-20-29-26(28-24-15-11-22(2)12-16-24)19-21-30-25-17-13-23(27)14-18-25/h11-19,21H,3-10,20H2,1-2H3. The van der Waals surface area contributed by atoms with Crippen molar-refractivity contribution in [2.75, 3.05) is 6.61 Å². The number of thioether (sulfide) groups is 1. The van der Waals surface area contributed by atoms with Crippen molar-refractivity contribution in [3.63, 3.8) is 0 Å². The van der Waals surface area contributed by atoms with Crippen molar-refractivity contribution in [2.45, 2.75) is 70.1 Å². The van der Waals surface area contributed by atoms with Crippen molar-refractivity contribution >= 4 is 23.3 Å². The van der Waals surface area contributed by atoms with Crippen LogP contribution in [0.15, 0.2) is 69.9 Å². The van der Waals surface area contributed by atoms with Crippen molar-refractivity contribution in [2.24, 2.45) is 4.99 Å². The van der Waals surface area contributed by atoms with E-state index < -0.39 is 0 Å². The largest absolute Gasteiger partial charge is 0.478 e. The van der Waals surface area contributed by atoms with E-state index in [0.29, 0.717) is 12.5 Å². The molecule has 0 fully saturated rings. The number of rotatable bonds is 13. The zero-order valence-corrected chi connectivity index (χ0v) is 19.1. The number of aryl methyl sites for hydroxylation is 1. The number of aliphatic imine (C=N–C) groups is 1. The lowest BCUT2D eigenvalue weighted by Gasteiger charge is -2.07. The molecule has 0 bridgehead atoms. The van der Waals surface area contributed by atoms with Crippen molar-refractivity contribution in [1.29, 1.82) is 0 Å². The molecule has 162 valence electrons. The van der Waals surface area contributed by atoms with Gasteiger partial charge in [0.25, 0.3) is 0 Å². The minimum Gasteiger partial charge on any atom is -0.478 e. The van der Waals surface area contributed by atoms with Crippen molar-refractivity contribution < 1.29 is 9.13 Å². The predicted octanol–water partition coefficient (Wildman–Crippen LogP) is 8.63. The molecule has 0 heterocycles. The van der Waals surface area contributed by atoms with Crippen LogP contribution in [-0.2, 0) is 4.74 Å². The number of hydrogen-bond donors (Lipinski definition) is 0. The molecule has 0 amide bonds. The van der Waals surface area contributed by atoms with Crippen LogP contribution in [0.4, 0.5) is 10.1 Å². The summed E-state index contributed by atoms with van der Waals surface area (Å²) in [6, 6.07) is 14.6. The van der Waals surface area contributed by atoms with E-state index in [1.54, 1.807) is 12.1 Å². The monoisotopic (exact) mass is 427 g/mol. The Labute approximate surface area is 185 Å². The second-order valence-corrected chi connectivity index (χ2v) is 8.46. The summed E-state index contributed by atoms with van der Waals surface area (Å²) in [6.07, 6.45) is 12.1. The van der Waals surface area contributed by atoms with Gasteiger partial charge in [0.2, 0.25) is 5.90 Å². The molecule has 0 saturated heterocycles. The Balaban J connectivity index is 1.84. The Hall–Kier alpha value is -2.07. The molecule has 4 heteroatoms. The van der Waals surface area contributed by atoms with Crippen molar-refractivity contribution in [3.05, 3.63) is 71.4 Å². The number of benzene rings is 2. The second kappa shape index (κ2) is 14.8. The third kappa shape index (κ3) is 10.6. The molecular weight excluding hydrogens is 393 g/mol. The maximum absolute atomic E-state index is 13.0. The summed E-state index contributed by atoms with van der Waals surface area (Å²) >= 11 is 1.52. The molecule has 2 nitrogen and oxygen atoms in total. The van der Waals surface area contributed by atoms with Gasteiger partial charge < -0.3 is 4.74 Å². The summed E-state index contributed by atoms with van der Waals surface area (Å²) in [6.45, 7) is 4.98. The summed E-state index contributed by atoms with van der Waals surface area (Å²) in [5, 5.41) is 1.94. The molecule has 2 rings (SSSR count). The minimum atomic E-state index is -0.223. The molecule has 0 aromatic heterocycles. The van der Waals surface area contributed by atoms with Gasteiger partial charge in [-0.1, -0.05) is 81.3 Å². The Morgan fingerprint density at radius 2 is 1.53 bits per heavy atom. The Morgan fingerprint density at radius 3 is 2.20 bits per heavy atom. The average Bonchev–Trinajstić information content (AvgIpc) is 2.75. The van der Waals surface area contributed by atoms with Gasteiger partial charge in [-0.05, 0) is 55.2 Å². The molecule has 0 aliphatic rings. The second-order valence-electron chi connectivity index (χ2n) is 7.48. The summed E-state index contributed by atoms with van der Waals surface area (Å²) in [5.41, 5.74) is 2.08. The van der Waals surface area contributed by atoms with Crippen LogP contribution in [0.5, 0.6) is 0 Å². The molecule has 0 aliphatic carbocycles. The van der Waals surface area contributed by atoms with E-state index >= 15 is 0 Å². The SMILES string of the molecule is CCCCCCCCCCOC(C=CSc1ccc(F)cc1)=Nc1ccc(C)cc1. The summed E-state index contributed by atoms with van der Waals surface area (Å²) in [5.74, 6) is 0.384. The molecule has 0 radical (unpaired) electrons. The summed E-state index contributed by atoms with van der Waals surface area (Å²) in [4.78, 5) is 5.62. The number of unbranched alkanes of at least 4 members (excludes halogenated alkanes) is 7. The van der Waals surface area contributed by atoms with Gasteiger partial charge in [0, 0.05) is 11.0 Å². The lowest BCUT2D eigenvalue weighted by atomic mass is 10.1. The lowest BCUT2D eigenvalue weighted by molar-refractivity contribution is 0.294. The molecule has 0 saturated carbocycles. The quantitative estimate of drug-likeness (QED) is 0.138. The zero-order chi connectivity index (χ0) is 21.4. The van der Waals surface area contributed by atoms with Gasteiger partial charge in [0.1, 0.15) is 5.82 Å². The van der Waals surface area contributed by atoms with Crippen LogP contribution in [0.1, 0.15) is 63.9 Å². The lowest BCUT2D eigenvalue weighted by Crippen LogP contribution is -2.03. The van der Waals surface area contributed by atoms with Crippen molar-refractivity contribution in [1.82, 2.24) is 0 Å². The molecule has 0 unspecified atom stereocenters. The van der Waals surface area contributed by atoms with E-state index in [1.807, 2.05) is 35.7 Å². The van der Waals surface area contributed by atoms with Gasteiger partial charge in [-0.2, -0.15) is 0 Å². The van der Waals surface area contributed by atoms with Crippen LogP contribution in [-0.4, -0.2) is 12.5 Å². The van der Waals surface area contributed by atoms with Crippen LogP contribution >= 0.6 is 11.8 Å². The fraction of sp³-hybridized carbons (Fsp3) is 0.423.